The zero-order chi connectivity index (χ0) is 22.8. The van der Waals surface area contributed by atoms with Crippen LogP contribution in [0.25, 0.3) is 0 Å². The maximum atomic E-state index is 13.0. The van der Waals surface area contributed by atoms with Gasteiger partial charge in [0.25, 0.3) is 11.8 Å². The van der Waals surface area contributed by atoms with E-state index < -0.39 is 17.9 Å². The number of amidine groups is 2. The number of carbonyl (C=O) groups excluding carboxylic acids is 2. The van der Waals surface area contributed by atoms with Gasteiger partial charge < -0.3 is 5.73 Å². The Kier molecular flexibility index (Phi) is 5.98. The maximum absolute atomic E-state index is 13.0. The number of imide groups is 1. The van der Waals surface area contributed by atoms with E-state index in [-0.39, 0.29) is 11.7 Å². The van der Waals surface area contributed by atoms with Gasteiger partial charge in [0.2, 0.25) is 0 Å². The van der Waals surface area contributed by atoms with Gasteiger partial charge >= 0.3 is 0 Å². The van der Waals surface area contributed by atoms with Crippen molar-refractivity contribution in [1.29, 1.82) is 0 Å². The van der Waals surface area contributed by atoms with Crippen molar-refractivity contribution in [3.05, 3.63) is 87.8 Å². The molecule has 3 aromatic rings. The number of rotatable bonds is 4. The van der Waals surface area contributed by atoms with Gasteiger partial charge in [0.1, 0.15) is 11.0 Å². The van der Waals surface area contributed by atoms with E-state index in [0.29, 0.717) is 32.7 Å². The number of benzene rings is 1. The summed E-state index contributed by atoms with van der Waals surface area (Å²) in [6, 6.07) is 12.2. The highest BCUT2D eigenvalue weighted by atomic mass is 35.5. The third kappa shape index (κ3) is 4.23. The molecule has 1 atom stereocenters. The SMILES string of the molecule is CC(C(N=C(N)c1ccc(Cl)nc1)=Nc1ccc(Cl)cn1)N1C(=O)c2ccccc2C1=O. The van der Waals surface area contributed by atoms with Crippen molar-refractivity contribution in [2.24, 2.45) is 15.7 Å². The van der Waals surface area contributed by atoms with Crippen molar-refractivity contribution in [2.45, 2.75) is 13.0 Å². The zero-order valence-corrected chi connectivity index (χ0v) is 18.2. The fraction of sp³-hybridized carbons (Fsp3) is 0.0909. The molecule has 0 bridgehead atoms. The monoisotopic (exact) mass is 466 g/mol. The summed E-state index contributed by atoms with van der Waals surface area (Å²) in [6.45, 7) is 1.65. The summed E-state index contributed by atoms with van der Waals surface area (Å²) in [5.74, 6) is -0.376. The second-order valence-electron chi connectivity index (χ2n) is 6.87. The molecular formula is C22H16Cl2N6O2. The van der Waals surface area contributed by atoms with Crippen molar-refractivity contribution in [3.8, 4) is 0 Å². The quantitative estimate of drug-likeness (QED) is 0.271. The van der Waals surface area contributed by atoms with Crippen LogP contribution in [0.3, 0.4) is 0 Å². The standard InChI is InChI=1S/C22H16Cl2N6O2/c1-12(30-21(31)15-4-2-3-5-16(15)22(30)32)20(28-18-9-7-14(23)11-27-18)29-19(25)13-6-8-17(24)26-10-13/h2-12H,1H3,(H2,25,27,28,29). The van der Waals surface area contributed by atoms with Crippen LogP contribution in [-0.2, 0) is 0 Å². The molecule has 1 aliphatic rings. The molecule has 1 aromatic carbocycles. The lowest BCUT2D eigenvalue weighted by Crippen LogP contribution is -2.43. The predicted molar refractivity (Wildman–Crippen MR) is 123 cm³/mol. The van der Waals surface area contributed by atoms with Crippen LogP contribution in [-0.4, -0.2) is 44.4 Å². The molecular weight excluding hydrogens is 451 g/mol. The molecule has 1 aliphatic heterocycles. The minimum atomic E-state index is -0.835. The van der Waals surface area contributed by atoms with Crippen LogP contribution in [0.1, 0.15) is 33.2 Å². The molecule has 1 unspecified atom stereocenters. The smallest absolute Gasteiger partial charge is 0.262 e. The number of amides is 2. The molecule has 2 aromatic heterocycles. The zero-order valence-electron chi connectivity index (χ0n) is 16.7. The summed E-state index contributed by atoms with van der Waals surface area (Å²) in [5.41, 5.74) is 7.32. The number of aliphatic imine (C=N–C) groups is 2. The summed E-state index contributed by atoms with van der Waals surface area (Å²) >= 11 is 11.7. The van der Waals surface area contributed by atoms with Crippen LogP contribution in [0.15, 0.2) is 70.9 Å². The molecule has 0 fully saturated rings. The highest BCUT2D eigenvalue weighted by Gasteiger charge is 2.40. The summed E-state index contributed by atoms with van der Waals surface area (Å²) in [5, 5.41) is 0.745. The summed E-state index contributed by atoms with van der Waals surface area (Å²) < 4.78 is 0. The number of hydrogen-bond donors (Lipinski definition) is 1. The predicted octanol–water partition coefficient (Wildman–Crippen LogP) is 3.90. The van der Waals surface area contributed by atoms with Gasteiger partial charge in [0, 0.05) is 18.0 Å². The minimum Gasteiger partial charge on any atom is -0.383 e. The Labute approximate surface area is 193 Å². The van der Waals surface area contributed by atoms with E-state index in [9.17, 15) is 9.59 Å². The first-order valence-corrected chi connectivity index (χ1v) is 10.2. The summed E-state index contributed by atoms with van der Waals surface area (Å²) in [6.07, 6.45) is 2.90. The van der Waals surface area contributed by atoms with Gasteiger partial charge in [-0.2, -0.15) is 0 Å². The lowest BCUT2D eigenvalue weighted by molar-refractivity contribution is 0.0634. The van der Waals surface area contributed by atoms with Crippen LogP contribution < -0.4 is 5.73 Å². The van der Waals surface area contributed by atoms with Crippen molar-refractivity contribution in [2.75, 3.05) is 0 Å². The second kappa shape index (κ2) is 8.86. The fourth-order valence-electron chi connectivity index (χ4n) is 3.15. The number of fused-ring (bicyclic) bond motifs is 1. The number of hydrogen-bond acceptors (Lipinski definition) is 5. The maximum Gasteiger partial charge on any atom is 0.262 e. The molecule has 160 valence electrons. The Hall–Kier alpha value is -3.62. The van der Waals surface area contributed by atoms with Gasteiger partial charge in [0.15, 0.2) is 11.7 Å². The van der Waals surface area contributed by atoms with E-state index in [4.69, 9.17) is 28.9 Å². The van der Waals surface area contributed by atoms with E-state index in [1.165, 1.54) is 12.4 Å². The molecule has 0 spiro atoms. The summed E-state index contributed by atoms with van der Waals surface area (Å²) in [4.78, 5) is 44.0. The first-order valence-electron chi connectivity index (χ1n) is 9.48. The Balaban J connectivity index is 1.76. The van der Waals surface area contributed by atoms with E-state index >= 15 is 0 Å². The summed E-state index contributed by atoms with van der Waals surface area (Å²) in [7, 11) is 0. The van der Waals surface area contributed by atoms with E-state index in [1.807, 2.05) is 0 Å². The molecule has 8 nitrogen and oxygen atoms in total. The van der Waals surface area contributed by atoms with Gasteiger partial charge in [-0.25, -0.2) is 20.0 Å². The van der Waals surface area contributed by atoms with Crippen LogP contribution in [0.4, 0.5) is 5.82 Å². The number of pyridine rings is 2. The van der Waals surface area contributed by atoms with Gasteiger partial charge in [-0.3, -0.25) is 14.5 Å². The molecule has 0 saturated heterocycles. The van der Waals surface area contributed by atoms with E-state index in [0.717, 1.165) is 4.90 Å². The van der Waals surface area contributed by atoms with Crippen molar-refractivity contribution in [3.63, 3.8) is 0 Å². The average molecular weight is 467 g/mol. The van der Waals surface area contributed by atoms with Crippen LogP contribution in [0, 0.1) is 0 Å². The molecule has 0 saturated carbocycles. The van der Waals surface area contributed by atoms with Gasteiger partial charge in [-0.05, 0) is 43.3 Å². The van der Waals surface area contributed by atoms with E-state index in [2.05, 4.69) is 20.0 Å². The molecule has 0 aliphatic carbocycles. The van der Waals surface area contributed by atoms with Crippen LogP contribution >= 0.6 is 23.2 Å². The number of nitrogens with two attached hydrogens (primary N) is 1. The van der Waals surface area contributed by atoms with Gasteiger partial charge in [-0.15, -0.1) is 0 Å². The Morgan fingerprint density at radius 2 is 1.66 bits per heavy atom. The van der Waals surface area contributed by atoms with Gasteiger partial charge in [0.05, 0.1) is 22.2 Å². The third-order valence-corrected chi connectivity index (χ3v) is 5.23. The van der Waals surface area contributed by atoms with Crippen molar-refractivity contribution >= 4 is 52.5 Å². The number of halogens is 2. The molecule has 2 N–H and O–H groups in total. The normalized spacial score (nSPS) is 15.2. The first kappa shape index (κ1) is 21.6. The molecule has 0 radical (unpaired) electrons. The number of nitrogens with zero attached hydrogens (tertiary/aromatic N) is 5. The fourth-order valence-corrected chi connectivity index (χ4v) is 3.38. The average Bonchev–Trinajstić information content (AvgIpc) is 3.05. The largest absolute Gasteiger partial charge is 0.383 e. The van der Waals surface area contributed by atoms with Crippen molar-refractivity contribution in [1.82, 2.24) is 14.9 Å². The molecule has 2 amide bonds. The molecule has 32 heavy (non-hydrogen) atoms. The van der Waals surface area contributed by atoms with Gasteiger partial charge in [-0.1, -0.05) is 35.3 Å². The minimum absolute atomic E-state index is 0.0883. The Morgan fingerprint density at radius 1 is 0.969 bits per heavy atom. The van der Waals surface area contributed by atoms with Crippen LogP contribution in [0.2, 0.25) is 10.2 Å². The molecule has 10 heteroatoms. The first-order chi connectivity index (χ1) is 15.3. The third-order valence-electron chi connectivity index (χ3n) is 4.79. The topological polar surface area (TPSA) is 114 Å². The number of carbonyl (C=O) groups is 2. The number of aromatic nitrogens is 2. The molecule has 3 heterocycles. The Bertz CT molecular complexity index is 1220. The van der Waals surface area contributed by atoms with Crippen LogP contribution in [0.5, 0.6) is 0 Å². The second-order valence-corrected chi connectivity index (χ2v) is 7.70. The highest BCUT2D eigenvalue weighted by Crippen LogP contribution is 2.26. The van der Waals surface area contributed by atoms with E-state index in [1.54, 1.807) is 55.5 Å². The lowest BCUT2D eigenvalue weighted by Gasteiger charge is -2.22. The highest BCUT2D eigenvalue weighted by molar-refractivity contribution is 6.30. The molecule has 4 rings (SSSR count). The lowest BCUT2D eigenvalue weighted by atomic mass is 10.1. The van der Waals surface area contributed by atoms with Crippen molar-refractivity contribution < 1.29 is 9.59 Å². The Morgan fingerprint density at radius 3 is 2.22 bits per heavy atom.